The molecule has 2 aliphatic rings. The molecule has 0 amide bonds. The van der Waals surface area contributed by atoms with Crippen LogP contribution in [0.25, 0.3) is 17.2 Å². The Morgan fingerprint density at radius 3 is 2.59 bits per heavy atom. The summed E-state index contributed by atoms with van der Waals surface area (Å²) in [6.45, 7) is 2.05. The molecule has 0 spiro atoms. The van der Waals surface area contributed by atoms with E-state index in [2.05, 4.69) is 72.6 Å². The third-order valence-electron chi connectivity index (χ3n) is 3.28. The van der Waals surface area contributed by atoms with Gasteiger partial charge in [-0.1, -0.05) is 78.9 Å². The van der Waals surface area contributed by atoms with Gasteiger partial charge in [0.2, 0.25) is 0 Å². The normalized spacial score (nSPS) is 13.5. The minimum atomic E-state index is 1.17. The maximum atomic E-state index is 3.93. The number of fused-ring (bicyclic) bond motifs is 1. The largest absolute Gasteiger partial charge is 0.297 e. The topological polar surface area (TPSA) is 12.4 Å². The maximum Gasteiger partial charge on any atom is 0.0277 e. The fraction of sp³-hybridized carbons (Fsp3) is 0.0952. The van der Waals surface area contributed by atoms with Crippen LogP contribution in [0.1, 0.15) is 12.5 Å². The highest BCUT2D eigenvalue weighted by atomic mass is 14.6. The van der Waals surface area contributed by atoms with Gasteiger partial charge in [-0.15, -0.1) is 0 Å². The van der Waals surface area contributed by atoms with Crippen LogP contribution in [0.3, 0.4) is 0 Å². The first-order valence-electron chi connectivity index (χ1n) is 7.39. The molecule has 0 unspecified atom stereocenters. The average Bonchev–Trinajstić information content (AvgIpc) is 2.76. The van der Waals surface area contributed by atoms with Crippen molar-refractivity contribution in [2.45, 2.75) is 6.92 Å². The second kappa shape index (κ2) is 8.58. The van der Waals surface area contributed by atoms with Crippen LogP contribution in [-0.4, -0.2) is 13.3 Å². The van der Waals surface area contributed by atoms with E-state index in [1.54, 1.807) is 13.3 Å². The highest BCUT2D eigenvalue weighted by Gasteiger charge is 2.03. The molecule has 2 rings (SSSR count). The third-order valence-corrected chi connectivity index (χ3v) is 3.28. The summed E-state index contributed by atoms with van der Waals surface area (Å²) in [6.07, 6.45) is 16.1. The van der Waals surface area contributed by atoms with Crippen molar-refractivity contribution in [3.8, 4) is 11.1 Å². The van der Waals surface area contributed by atoms with Crippen LogP contribution in [0.5, 0.6) is 0 Å². The lowest BCUT2D eigenvalue weighted by molar-refractivity contribution is 1.46. The molecule has 110 valence electrons. The molecule has 2 aliphatic carbocycles. The van der Waals surface area contributed by atoms with Crippen molar-refractivity contribution in [3.63, 3.8) is 0 Å². The van der Waals surface area contributed by atoms with E-state index in [9.17, 15) is 0 Å². The fourth-order valence-electron chi connectivity index (χ4n) is 2.13. The van der Waals surface area contributed by atoms with Gasteiger partial charge in [-0.25, -0.2) is 0 Å². The standard InChI is InChI=1S/C21H21N/c1-18(16-17-22-2)10-6-3-4-7-11-19-14-15-20-12-8-5-9-13-21(19)20/h3-17H,1-2H3/b4-3+,10-6+,11-7+,18-16+,22-17?. The van der Waals surface area contributed by atoms with Gasteiger partial charge in [0.1, 0.15) is 0 Å². The fourth-order valence-corrected chi connectivity index (χ4v) is 2.13. The first-order chi connectivity index (χ1) is 10.8. The van der Waals surface area contributed by atoms with Gasteiger partial charge in [-0.2, -0.15) is 0 Å². The second-order valence-corrected chi connectivity index (χ2v) is 4.99. The third kappa shape index (κ3) is 4.71. The monoisotopic (exact) mass is 287 g/mol. The van der Waals surface area contributed by atoms with E-state index in [0.29, 0.717) is 0 Å². The number of rotatable bonds is 5. The maximum absolute atomic E-state index is 3.93. The smallest absolute Gasteiger partial charge is 0.0277 e. The summed E-state index contributed by atoms with van der Waals surface area (Å²) < 4.78 is 0. The quantitative estimate of drug-likeness (QED) is 0.504. The zero-order chi connectivity index (χ0) is 15.6. The number of nitrogens with zero attached hydrogens (tertiary/aromatic N) is 1. The van der Waals surface area contributed by atoms with Gasteiger partial charge in [0.25, 0.3) is 0 Å². The molecule has 0 atom stereocenters. The van der Waals surface area contributed by atoms with E-state index in [0.717, 1.165) is 0 Å². The summed E-state index contributed by atoms with van der Waals surface area (Å²) in [7, 11) is 1.77. The van der Waals surface area contributed by atoms with Crippen molar-refractivity contribution < 1.29 is 0 Å². The molecule has 0 saturated carbocycles. The lowest BCUT2D eigenvalue weighted by atomic mass is 10.1. The predicted molar refractivity (Wildman–Crippen MR) is 98.6 cm³/mol. The number of aliphatic imine (C=N–C) groups is 1. The average molecular weight is 287 g/mol. The molecule has 0 N–H and O–H groups in total. The minimum Gasteiger partial charge on any atom is -0.297 e. The van der Waals surface area contributed by atoms with E-state index < -0.39 is 0 Å². The summed E-state index contributed by atoms with van der Waals surface area (Å²) in [5, 5.41) is 0. The van der Waals surface area contributed by atoms with Crippen molar-refractivity contribution in [1.82, 2.24) is 0 Å². The Hall–Kier alpha value is -2.67. The van der Waals surface area contributed by atoms with Crippen molar-refractivity contribution in [3.05, 3.63) is 90.1 Å². The van der Waals surface area contributed by atoms with Gasteiger partial charge < -0.3 is 0 Å². The zero-order valence-electron chi connectivity index (χ0n) is 13.1. The Labute approximate surface area is 133 Å². The van der Waals surface area contributed by atoms with Gasteiger partial charge >= 0.3 is 0 Å². The Kier molecular flexibility index (Phi) is 6.13. The van der Waals surface area contributed by atoms with Gasteiger partial charge in [-0.05, 0) is 35.3 Å². The number of hydrogen-bond acceptors (Lipinski definition) is 1. The molecule has 0 bridgehead atoms. The van der Waals surface area contributed by atoms with Gasteiger partial charge in [0, 0.05) is 13.3 Å². The molecular formula is C21H21N. The highest BCUT2D eigenvalue weighted by Crippen LogP contribution is 2.27. The van der Waals surface area contributed by atoms with Gasteiger partial charge in [0.15, 0.2) is 0 Å². The van der Waals surface area contributed by atoms with Crippen LogP contribution in [0.2, 0.25) is 0 Å². The lowest BCUT2D eigenvalue weighted by Crippen LogP contribution is -1.70. The second-order valence-electron chi connectivity index (χ2n) is 4.99. The first-order valence-corrected chi connectivity index (χ1v) is 7.39. The SMILES string of the molecule is CN=C/C=C(C)/C=C/C=C/C=C/c1ccc2cccccc1-2. The lowest BCUT2D eigenvalue weighted by Gasteiger charge is -1.94. The summed E-state index contributed by atoms with van der Waals surface area (Å²) in [5.74, 6) is 0. The number of allylic oxidation sites excluding steroid dienone is 7. The molecule has 0 heterocycles. The summed E-state index contributed by atoms with van der Waals surface area (Å²) in [4.78, 5) is 3.93. The molecule has 0 aromatic carbocycles. The highest BCUT2D eigenvalue weighted by molar-refractivity contribution is 5.78. The van der Waals surface area contributed by atoms with Crippen molar-refractivity contribution in [2.24, 2.45) is 4.99 Å². The molecule has 1 nitrogen and oxygen atoms in total. The van der Waals surface area contributed by atoms with E-state index in [1.807, 2.05) is 24.3 Å². The Bertz CT molecular complexity index is 714. The molecule has 0 saturated heterocycles. The van der Waals surface area contributed by atoms with Crippen LogP contribution in [0.15, 0.2) is 89.5 Å². The summed E-state index contributed by atoms with van der Waals surface area (Å²) in [5.41, 5.74) is 4.97. The number of hydrogen-bond donors (Lipinski definition) is 0. The van der Waals surface area contributed by atoms with E-state index in [-0.39, 0.29) is 0 Å². The van der Waals surface area contributed by atoms with E-state index in [4.69, 9.17) is 0 Å². The molecule has 22 heavy (non-hydrogen) atoms. The molecule has 0 fully saturated rings. The first kappa shape index (κ1) is 15.7. The Morgan fingerprint density at radius 1 is 0.909 bits per heavy atom. The molecular weight excluding hydrogens is 266 g/mol. The molecule has 0 aromatic heterocycles. The van der Waals surface area contributed by atoms with E-state index in [1.165, 1.54) is 22.3 Å². The molecule has 0 aromatic rings. The van der Waals surface area contributed by atoms with Crippen LogP contribution in [0, 0.1) is 0 Å². The van der Waals surface area contributed by atoms with Crippen LogP contribution >= 0.6 is 0 Å². The Balaban J connectivity index is 1.98. The van der Waals surface area contributed by atoms with Crippen molar-refractivity contribution >= 4 is 12.3 Å². The van der Waals surface area contributed by atoms with E-state index >= 15 is 0 Å². The summed E-state index contributed by atoms with van der Waals surface area (Å²) in [6, 6.07) is 14.8. The van der Waals surface area contributed by atoms with Crippen LogP contribution < -0.4 is 0 Å². The summed E-state index contributed by atoms with van der Waals surface area (Å²) >= 11 is 0. The molecule has 0 radical (unpaired) electrons. The zero-order valence-corrected chi connectivity index (χ0v) is 13.1. The van der Waals surface area contributed by atoms with Crippen LogP contribution in [-0.2, 0) is 0 Å². The minimum absolute atomic E-state index is 1.17. The Morgan fingerprint density at radius 2 is 1.73 bits per heavy atom. The van der Waals surface area contributed by atoms with Gasteiger partial charge in [-0.3, -0.25) is 4.99 Å². The van der Waals surface area contributed by atoms with Crippen LogP contribution in [0.4, 0.5) is 0 Å². The predicted octanol–water partition coefficient (Wildman–Crippen LogP) is 5.56. The molecule has 0 aliphatic heterocycles. The van der Waals surface area contributed by atoms with Crippen molar-refractivity contribution in [1.29, 1.82) is 0 Å². The van der Waals surface area contributed by atoms with Gasteiger partial charge in [0.05, 0.1) is 0 Å². The van der Waals surface area contributed by atoms with Crippen molar-refractivity contribution in [2.75, 3.05) is 7.05 Å². The molecule has 1 heteroatoms.